The maximum absolute atomic E-state index is 12.2. The van der Waals surface area contributed by atoms with E-state index in [0.29, 0.717) is 12.3 Å². The highest BCUT2D eigenvalue weighted by molar-refractivity contribution is 5.95. The predicted octanol–water partition coefficient (Wildman–Crippen LogP) is 2.61. The highest BCUT2D eigenvalue weighted by atomic mass is 16.6. The number of Topliss-reactive ketones (excluding diaryl/α,β-unsaturated/α-hetero) is 1. The highest BCUT2D eigenvalue weighted by Crippen LogP contribution is 2.49. The Morgan fingerprint density at radius 2 is 2.00 bits per heavy atom. The van der Waals surface area contributed by atoms with Gasteiger partial charge in [0.2, 0.25) is 0 Å². The van der Waals surface area contributed by atoms with Crippen LogP contribution >= 0.6 is 0 Å². The monoisotopic (exact) mass is 253 g/mol. The number of amides is 1. The van der Waals surface area contributed by atoms with E-state index in [1.54, 1.807) is 4.90 Å². The minimum atomic E-state index is -0.484. The maximum atomic E-state index is 12.2. The SMILES string of the molecule is CC(C)(C)OC(=O)N1CCC[C@H]2C(=O)C(C)(C)[C@@H]21. The highest BCUT2D eigenvalue weighted by Gasteiger charge is 2.60. The molecule has 2 atom stereocenters. The number of piperidine rings is 1. The molecule has 2 rings (SSSR count). The molecule has 1 aliphatic carbocycles. The number of carbonyl (C=O) groups excluding carboxylic acids is 2. The Kier molecular flexibility index (Phi) is 2.95. The van der Waals surface area contributed by atoms with Crippen LogP contribution < -0.4 is 0 Å². The lowest BCUT2D eigenvalue weighted by molar-refractivity contribution is -0.160. The van der Waals surface area contributed by atoms with Crippen molar-refractivity contribution in [1.82, 2.24) is 4.90 Å². The lowest BCUT2D eigenvalue weighted by Gasteiger charge is -2.56. The third-order valence-electron chi connectivity index (χ3n) is 3.97. The quantitative estimate of drug-likeness (QED) is 0.666. The van der Waals surface area contributed by atoms with E-state index in [1.807, 2.05) is 34.6 Å². The van der Waals surface area contributed by atoms with E-state index in [-0.39, 0.29) is 18.1 Å². The minimum Gasteiger partial charge on any atom is -0.444 e. The first-order chi connectivity index (χ1) is 8.14. The summed E-state index contributed by atoms with van der Waals surface area (Å²) >= 11 is 0. The Bertz CT molecular complexity index is 381. The molecule has 0 N–H and O–H groups in total. The number of hydrogen-bond acceptors (Lipinski definition) is 3. The second-order valence-corrected chi connectivity index (χ2v) is 6.95. The average molecular weight is 253 g/mol. The number of nitrogens with zero attached hydrogens (tertiary/aromatic N) is 1. The number of fused-ring (bicyclic) bond motifs is 1. The summed E-state index contributed by atoms with van der Waals surface area (Å²) in [6.45, 7) is 10.2. The van der Waals surface area contributed by atoms with E-state index in [2.05, 4.69) is 0 Å². The van der Waals surface area contributed by atoms with Crippen molar-refractivity contribution in [1.29, 1.82) is 0 Å². The summed E-state index contributed by atoms with van der Waals surface area (Å²) in [5, 5.41) is 0. The smallest absolute Gasteiger partial charge is 0.410 e. The topological polar surface area (TPSA) is 46.6 Å². The van der Waals surface area contributed by atoms with E-state index < -0.39 is 11.0 Å². The number of carbonyl (C=O) groups is 2. The average Bonchev–Trinajstić information content (AvgIpc) is 2.25. The zero-order valence-corrected chi connectivity index (χ0v) is 11.9. The molecule has 1 heterocycles. The number of rotatable bonds is 0. The van der Waals surface area contributed by atoms with Crippen LogP contribution in [0.2, 0.25) is 0 Å². The Labute approximate surface area is 109 Å². The molecular weight excluding hydrogens is 230 g/mol. The molecule has 4 nitrogen and oxygen atoms in total. The predicted molar refractivity (Wildman–Crippen MR) is 68.2 cm³/mol. The van der Waals surface area contributed by atoms with Gasteiger partial charge in [0.05, 0.1) is 6.04 Å². The first kappa shape index (κ1) is 13.4. The fourth-order valence-electron chi connectivity index (χ4n) is 3.22. The van der Waals surface area contributed by atoms with Gasteiger partial charge in [0.15, 0.2) is 0 Å². The molecule has 18 heavy (non-hydrogen) atoms. The summed E-state index contributed by atoms with van der Waals surface area (Å²) in [5.74, 6) is 0.321. The van der Waals surface area contributed by atoms with Crippen molar-refractivity contribution in [3.8, 4) is 0 Å². The molecule has 4 heteroatoms. The van der Waals surface area contributed by atoms with Crippen LogP contribution in [0.25, 0.3) is 0 Å². The number of ketones is 1. The molecule has 1 saturated heterocycles. The lowest BCUT2D eigenvalue weighted by atomic mass is 9.55. The van der Waals surface area contributed by atoms with Crippen LogP contribution in [0.4, 0.5) is 4.79 Å². The zero-order chi connectivity index (χ0) is 13.7. The molecule has 0 aromatic heterocycles. The second-order valence-electron chi connectivity index (χ2n) is 6.95. The summed E-state index contributed by atoms with van der Waals surface area (Å²) in [7, 11) is 0. The van der Waals surface area contributed by atoms with Gasteiger partial charge < -0.3 is 9.64 Å². The fourth-order valence-corrected chi connectivity index (χ4v) is 3.22. The minimum absolute atomic E-state index is 0.0219. The van der Waals surface area contributed by atoms with Crippen molar-refractivity contribution in [2.24, 2.45) is 11.3 Å². The van der Waals surface area contributed by atoms with Crippen molar-refractivity contribution in [2.75, 3.05) is 6.54 Å². The van der Waals surface area contributed by atoms with Crippen LogP contribution in [0.15, 0.2) is 0 Å². The van der Waals surface area contributed by atoms with Crippen LogP contribution in [0.5, 0.6) is 0 Å². The van der Waals surface area contributed by atoms with Crippen molar-refractivity contribution in [3.63, 3.8) is 0 Å². The Balaban J connectivity index is 2.14. The number of ether oxygens (including phenoxy) is 1. The third-order valence-corrected chi connectivity index (χ3v) is 3.97. The van der Waals surface area contributed by atoms with Gasteiger partial charge in [0, 0.05) is 17.9 Å². The molecular formula is C14H23NO3. The molecule has 1 amide bonds. The van der Waals surface area contributed by atoms with Crippen LogP contribution in [0.1, 0.15) is 47.5 Å². The van der Waals surface area contributed by atoms with Crippen LogP contribution in [-0.4, -0.2) is 35.0 Å². The van der Waals surface area contributed by atoms with Gasteiger partial charge in [-0.25, -0.2) is 4.79 Å². The molecule has 102 valence electrons. The summed E-state index contributed by atoms with van der Waals surface area (Å²) < 4.78 is 5.43. The van der Waals surface area contributed by atoms with Crippen LogP contribution in [0.3, 0.4) is 0 Å². The van der Waals surface area contributed by atoms with Crippen molar-refractivity contribution >= 4 is 11.9 Å². The third kappa shape index (κ3) is 2.02. The summed E-state index contributed by atoms with van der Waals surface area (Å²) in [6, 6.07) is 0.0219. The molecule has 0 aromatic rings. The van der Waals surface area contributed by atoms with E-state index in [9.17, 15) is 9.59 Å². The fraction of sp³-hybridized carbons (Fsp3) is 0.857. The molecule has 0 radical (unpaired) electrons. The van der Waals surface area contributed by atoms with Crippen molar-refractivity contribution in [3.05, 3.63) is 0 Å². The van der Waals surface area contributed by atoms with Gasteiger partial charge in [-0.3, -0.25) is 4.79 Å². The Morgan fingerprint density at radius 3 is 2.56 bits per heavy atom. The molecule has 2 aliphatic rings. The Morgan fingerprint density at radius 1 is 1.39 bits per heavy atom. The molecule has 0 bridgehead atoms. The van der Waals surface area contributed by atoms with Gasteiger partial charge in [-0.05, 0) is 33.6 Å². The normalized spacial score (nSPS) is 30.5. The van der Waals surface area contributed by atoms with Gasteiger partial charge in [0.25, 0.3) is 0 Å². The molecule has 0 aromatic carbocycles. The van der Waals surface area contributed by atoms with Gasteiger partial charge >= 0.3 is 6.09 Å². The Hall–Kier alpha value is -1.06. The van der Waals surface area contributed by atoms with E-state index in [0.717, 1.165) is 12.8 Å². The van der Waals surface area contributed by atoms with Crippen LogP contribution in [0, 0.1) is 11.3 Å². The molecule has 0 spiro atoms. The first-order valence-corrected chi connectivity index (χ1v) is 6.68. The molecule has 1 saturated carbocycles. The van der Waals surface area contributed by atoms with E-state index >= 15 is 0 Å². The first-order valence-electron chi connectivity index (χ1n) is 6.68. The molecule has 2 fully saturated rings. The lowest BCUT2D eigenvalue weighted by Crippen LogP contribution is -2.69. The van der Waals surface area contributed by atoms with Gasteiger partial charge in [-0.15, -0.1) is 0 Å². The largest absolute Gasteiger partial charge is 0.444 e. The van der Waals surface area contributed by atoms with Crippen molar-refractivity contribution < 1.29 is 14.3 Å². The maximum Gasteiger partial charge on any atom is 0.410 e. The van der Waals surface area contributed by atoms with E-state index in [4.69, 9.17) is 4.74 Å². The standard InChI is InChI=1S/C14H23NO3/c1-13(2,3)18-12(17)15-8-6-7-9-10(15)14(4,5)11(9)16/h9-10H,6-8H2,1-5H3/t9-,10-/m1/s1. The van der Waals surface area contributed by atoms with Crippen LogP contribution in [-0.2, 0) is 9.53 Å². The number of likely N-dealkylation sites (tertiary alicyclic amines) is 1. The van der Waals surface area contributed by atoms with Gasteiger partial charge in [-0.2, -0.15) is 0 Å². The van der Waals surface area contributed by atoms with E-state index in [1.165, 1.54) is 0 Å². The summed E-state index contributed by atoms with van der Waals surface area (Å²) in [4.78, 5) is 25.9. The van der Waals surface area contributed by atoms with Gasteiger partial charge in [-0.1, -0.05) is 13.8 Å². The zero-order valence-electron chi connectivity index (χ0n) is 11.9. The van der Waals surface area contributed by atoms with Gasteiger partial charge in [0.1, 0.15) is 11.4 Å². The summed E-state index contributed by atoms with van der Waals surface area (Å²) in [5.41, 5.74) is -0.899. The second kappa shape index (κ2) is 3.97. The summed E-state index contributed by atoms with van der Waals surface area (Å²) in [6.07, 6.45) is 1.52. The molecule has 0 unspecified atom stereocenters. The number of hydrogen-bond donors (Lipinski definition) is 0. The van der Waals surface area contributed by atoms with Crippen molar-refractivity contribution in [2.45, 2.75) is 59.1 Å². The molecule has 1 aliphatic heterocycles.